The van der Waals surface area contributed by atoms with Gasteiger partial charge in [-0.1, -0.05) is 12.7 Å². The van der Waals surface area contributed by atoms with E-state index in [1.165, 1.54) is 0 Å². The first-order valence-corrected chi connectivity index (χ1v) is 10.4. The number of hydrogen-bond donors (Lipinski definition) is 2. The fourth-order valence-corrected chi connectivity index (χ4v) is 3.71. The number of aromatic nitrogens is 1. The molecule has 1 unspecified atom stereocenters. The molecule has 2 N–H and O–H groups in total. The molecule has 0 spiro atoms. The Morgan fingerprint density at radius 2 is 2.06 bits per heavy atom. The summed E-state index contributed by atoms with van der Waals surface area (Å²) >= 11 is 0. The summed E-state index contributed by atoms with van der Waals surface area (Å²) in [6, 6.07) is 0. The summed E-state index contributed by atoms with van der Waals surface area (Å²) in [4.78, 5) is 18.7. The number of nitrogens with zero attached hydrogens (tertiary/aromatic N) is 2. The van der Waals surface area contributed by atoms with Crippen LogP contribution in [0.4, 0.5) is 0 Å². The van der Waals surface area contributed by atoms with Gasteiger partial charge in [0.1, 0.15) is 5.75 Å². The lowest BCUT2D eigenvalue weighted by Gasteiger charge is -2.21. The van der Waals surface area contributed by atoms with E-state index >= 15 is 0 Å². The zero-order chi connectivity index (χ0) is 23.6. The third-order valence-electron chi connectivity index (χ3n) is 5.12. The highest BCUT2D eigenvalue weighted by atomic mass is 16.5. The third kappa shape index (κ3) is 7.14. The molecule has 2 heterocycles. The van der Waals surface area contributed by atoms with E-state index in [2.05, 4.69) is 28.4 Å². The van der Waals surface area contributed by atoms with Gasteiger partial charge in [-0.25, -0.2) is 0 Å². The third-order valence-corrected chi connectivity index (χ3v) is 5.12. The number of aryl methyl sites for hydroxylation is 1. The molecule has 0 radical (unpaired) electrons. The molecule has 7 nitrogen and oxygen atoms in total. The van der Waals surface area contributed by atoms with Crippen LogP contribution in [0.1, 0.15) is 37.1 Å². The largest absolute Gasteiger partial charge is 0.512 e. The molecule has 172 valence electrons. The molecule has 1 fully saturated rings. The van der Waals surface area contributed by atoms with E-state index in [1.54, 1.807) is 27.2 Å². The van der Waals surface area contributed by atoms with Gasteiger partial charge < -0.3 is 24.8 Å². The van der Waals surface area contributed by atoms with Gasteiger partial charge >= 0.3 is 0 Å². The van der Waals surface area contributed by atoms with Crippen molar-refractivity contribution in [2.45, 2.75) is 40.7 Å². The Kier molecular flexibility index (Phi) is 10.8. The molecule has 1 aromatic heterocycles. The molecule has 0 bridgehead atoms. The summed E-state index contributed by atoms with van der Waals surface area (Å²) in [6.07, 6.45) is 3.89. The van der Waals surface area contributed by atoms with E-state index in [1.807, 2.05) is 27.0 Å². The van der Waals surface area contributed by atoms with Crippen molar-refractivity contribution in [1.82, 2.24) is 15.2 Å². The Morgan fingerprint density at radius 3 is 2.61 bits per heavy atom. The lowest BCUT2D eigenvalue weighted by atomic mass is 9.96. The minimum absolute atomic E-state index is 0.0645. The molecule has 1 aliphatic rings. The van der Waals surface area contributed by atoms with Gasteiger partial charge in [0, 0.05) is 56.5 Å². The number of likely N-dealkylation sites (tertiary alicyclic amines) is 1. The number of ether oxygens (including phenoxy) is 2. The highest BCUT2D eigenvalue weighted by Crippen LogP contribution is 2.37. The van der Waals surface area contributed by atoms with Gasteiger partial charge in [-0.3, -0.25) is 9.78 Å². The summed E-state index contributed by atoms with van der Waals surface area (Å²) in [6.45, 7) is 17.1. The van der Waals surface area contributed by atoms with E-state index in [9.17, 15) is 9.90 Å². The number of carbonyl (C=O) groups excluding carboxylic acids is 1. The Balaban J connectivity index is 0.00000151. The SMILES string of the molecule is C=C1/C(=C(\C)O)C(CC(=O)NCCOC)CN1Cc1cnc(C)c(OC)c1C.C=CC. The molecule has 1 atom stereocenters. The van der Waals surface area contributed by atoms with Crippen LogP contribution in [0.5, 0.6) is 5.75 Å². The van der Waals surface area contributed by atoms with Crippen molar-refractivity contribution in [3.8, 4) is 5.75 Å². The number of amides is 1. The van der Waals surface area contributed by atoms with Crippen molar-refractivity contribution in [2.75, 3.05) is 33.9 Å². The molecule has 2 rings (SSSR count). The minimum atomic E-state index is -0.111. The van der Waals surface area contributed by atoms with Crippen LogP contribution in [0.2, 0.25) is 0 Å². The molecular weight excluding hydrogens is 394 g/mol. The second-order valence-corrected chi connectivity index (χ2v) is 7.51. The maximum Gasteiger partial charge on any atom is 0.220 e. The van der Waals surface area contributed by atoms with Gasteiger partial charge in [0.2, 0.25) is 5.91 Å². The molecule has 1 aliphatic heterocycles. The highest BCUT2D eigenvalue weighted by molar-refractivity contribution is 5.77. The molecule has 1 aromatic rings. The molecule has 1 amide bonds. The fourth-order valence-electron chi connectivity index (χ4n) is 3.71. The van der Waals surface area contributed by atoms with Gasteiger partial charge in [-0.2, -0.15) is 0 Å². The average molecular weight is 432 g/mol. The summed E-state index contributed by atoms with van der Waals surface area (Å²) in [5.41, 5.74) is 4.40. The molecule has 1 saturated heterocycles. The van der Waals surface area contributed by atoms with Crippen molar-refractivity contribution in [3.05, 3.63) is 59.3 Å². The van der Waals surface area contributed by atoms with Crippen LogP contribution in [-0.2, 0) is 16.1 Å². The maximum absolute atomic E-state index is 12.2. The van der Waals surface area contributed by atoms with Gasteiger partial charge in [0.05, 0.1) is 25.2 Å². The van der Waals surface area contributed by atoms with Gasteiger partial charge in [-0.15, -0.1) is 6.58 Å². The Labute approximate surface area is 186 Å². The van der Waals surface area contributed by atoms with Crippen molar-refractivity contribution >= 4 is 5.91 Å². The van der Waals surface area contributed by atoms with Crippen LogP contribution in [0, 0.1) is 19.8 Å². The lowest BCUT2D eigenvalue weighted by Crippen LogP contribution is -2.29. The fraction of sp³-hybridized carbons (Fsp3) is 0.500. The van der Waals surface area contributed by atoms with Crippen molar-refractivity contribution in [3.63, 3.8) is 0 Å². The van der Waals surface area contributed by atoms with Gasteiger partial charge in [0.15, 0.2) is 0 Å². The summed E-state index contributed by atoms with van der Waals surface area (Å²) in [5.74, 6) is 0.815. The number of allylic oxidation sites excluding steroid dienone is 3. The van der Waals surface area contributed by atoms with E-state index in [-0.39, 0.29) is 17.6 Å². The van der Waals surface area contributed by atoms with Gasteiger partial charge in [-0.05, 0) is 38.8 Å². The maximum atomic E-state index is 12.2. The van der Waals surface area contributed by atoms with Crippen LogP contribution >= 0.6 is 0 Å². The van der Waals surface area contributed by atoms with Gasteiger partial charge in [0.25, 0.3) is 0 Å². The molecule has 7 heteroatoms. The normalized spacial score (nSPS) is 17.0. The quantitative estimate of drug-likeness (QED) is 0.370. The molecule has 31 heavy (non-hydrogen) atoms. The second kappa shape index (κ2) is 12.8. The average Bonchev–Trinajstić information content (AvgIpc) is 3.00. The molecular formula is C24H37N3O4. The first-order valence-electron chi connectivity index (χ1n) is 10.4. The second-order valence-electron chi connectivity index (χ2n) is 7.51. The summed E-state index contributed by atoms with van der Waals surface area (Å²) in [5, 5.41) is 13.0. The first kappa shape index (κ1) is 26.2. The molecule has 0 aliphatic carbocycles. The standard InChI is InChI=1S/C21H31N3O4.C3H6/c1-13-18(10-23-14(2)21(13)28-6)12-24-11-17(20(15(24)3)16(4)25)9-19(26)22-7-8-27-5;1-3-2/h10,17,25H,3,7-9,11-12H2,1-2,4-6H3,(H,22,26);3H,1H2,2H3/b20-16-;. The number of rotatable bonds is 8. The summed E-state index contributed by atoms with van der Waals surface area (Å²) in [7, 11) is 3.24. The number of nitrogens with one attached hydrogen (secondary N) is 1. The molecule has 0 saturated carbocycles. The van der Waals surface area contributed by atoms with Crippen LogP contribution in [0.15, 0.2) is 42.5 Å². The van der Waals surface area contributed by atoms with Crippen LogP contribution in [-0.4, -0.2) is 54.8 Å². The van der Waals surface area contributed by atoms with E-state index in [0.717, 1.165) is 33.8 Å². The Hall–Kier alpha value is -2.80. The monoisotopic (exact) mass is 431 g/mol. The number of methoxy groups -OCH3 is 2. The number of hydrogen-bond acceptors (Lipinski definition) is 6. The summed E-state index contributed by atoms with van der Waals surface area (Å²) < 4.78 is 10.4. The Bertz CT molecular complexity index is 813. The van der Waals surface area contributed by atoms with Crippen LogP contribution in [0.3, 0.4) is 0 Å². The number of carbonyl (C=O) groups is 1. The van der Waals surface area contributed by atoms with E-state index in [4.69, 9.17) is 9.47 Å². The van der Waals surface area contributed by atoms with Crippen LogP contribution in [0.25, 0.3) is 0 Å². The smallest absolute Gasteiger partial charge is 0.220 e. The molecule has 0 aromatic carbocycles. The van der Waals surface area contributed by atoms with Crippen LogP contribution < -0.4 is 10.1 Å². The predicted molar refractivity (Wildman–Crippen MR) is 124 cm³/mol. The zero-order valence-electron chi connectivity index (χ0n) is 19.7. The predicted octanol–water partition coefficient (Wildman–Crippen LogP) is 3.83. The number of aliphatic hydroxyl groups excluding tert-OH is 1. The first-order chi connectivity index (χ1) is 14.7. The van der Waals surface area contributed by atoms with E-state index in [0.29, 0.717) is 32.7 Å². The highest BCUT2D eigenvalue weighted by Gasteiger charge is 2.34. The Morgan fingerprint density at radius 1 is 1.42 bits per heavy atom. The lowest BCUT2D eigenvalue weighted by molar-refractivity contribution is -0.121. The van der Waals surface area contributed by atoms with E-state index < -0.39 is 0 Å². The van der Waals surface area contributed by atoms with Crippen molar-refractivity contribution in [1.29, 1.82) is 0 Å². The minimum Gasteiger partial charge on any atom is -0.512 e. The number of aliphatic hydroxyl groups is 1. The van der Waals surface area contributed by atoms with Crippen molar-refractivity contribution in [2.24, 2.45) is 5.92 Å². The number of pyridine rings is 1. The van der Waals surface area contributed by atoms with Crippen molar-refractivity contribution < 1.29 is 19.4 Å². The topological polar surface area (TPSA) is 83.9 Å². The zero-order valence-corrected chi connectivity index (χ0v) is 19.7.